The van der Waals surface area contributed by atoms with Crippen LogP contribution in [-0.4, -0.2) is 21.2 Å². The van der Waals surface area contributed by atoms with Gasteiger partial charge in [-0.25, -0.2) is 4.98 Å². The molecule has 1 aliphatic carbocycles. The molecule has 0 bridgehead atoms. The van der Waals surface area contributed by atoms with Crippen molar-refractivity contribution >= 4 is 0 Å². The fraction of sp³-hybridized carbons (Fsp3) is 0.429. The van der Waals surface area contributed by atoms with E-state index in [2.05, 4.69) is 32.6 Å². The molecule has 0 saturated carbocycles. The van der Waals surface area contributed by atoms with Crippen LogP contribution in [0.2, 0.25) is 0 Å². The molecular formula is C14H15F3N4. The molecule has 7 heteroatoms. The summed E-state index contributed by atoms with van der Waals surface area (Å²) in [5.74, 6) is -0.908. The van der Waals surface area contributed by atoms with Gasteiger partial charge in [-0.3, -0.25) is 5.10 Å². The fourth-order valence-electron chi connectivity index (χ4n) is 2.61. The van der Waals surface area contributed by atoms with E-state index in [1.165, 1.54) is 11.1 Å². The van der Waals surface area contributed by atoms with Crippen molar-refractivity contribution in [2.45, 2.75) is 38.0 Å². The maximum absolute atomic E-state index is 12.4. The molecule has 2 aromatic rings. The topological polar surface area (TPSA) is 53.6 Å². The minimum atomic E-state index is -4.50. The molecule has 1 aromatic heterocycles. The van der Waals surface area contributed by atoms with Crippen LogP contribution in [0, 0.1) is 0 Å². The first-order valence-electron chi connectivity index (χ1n) is 6.81. The first-order chi connectivity index (χ1) is 10.0. The Bertz CT molecular complexity index is 621. The van der Waals surface area contributed by atoms with Gasteiger partial charge < -0.3 is 5.32 Å². The predicted octanol–water partition coefficient (Wildman–Crippen LogP) is 2.47. The largest absolute Gasteiger partial charge is 0.453 e. The zero-order valence-electron chi connectivity index (χ0n) is 11.2. The number of aromatic amines is 1. The Morgan fingerprint density at radius 3 is 2.71 bits per heavy atom. The summed E-state index contributed by atoms with van der Waals surface area (Å²) >= 11 is 0. The van der Waals surface area contributed by atoms with Gasteiger partial charge in [-0.05, 0) is 30.4 Å². The predicted molar refractivity (Wildman–Crippen MR) is 70.5 cm³/mol. The molecule has 1 aromatic carbocycles. The van der Waals surface area contributed by atoms with Crippen molar-refractivity contribution in [3.05, 3.63) is 47.0 Å². The summed E-state index contributed by atoms with van der Waals surface area (Å²) < 4.78 is 37.2. The third-order valence-electron chi connectivity index (χ3n) is 3.69. The molecule has 3 rings (SSSR count). The van der Waals surface area contributed by atoms with Crippen LogP contribution >= 0.6 is 0 Å². The van der Waals surface area contributed by atoms with E-state index in [-0.39, 0.29) is 18.4 Å². The second kappa shape index (κ2) is 5.48. The Balaban J connectivity index is 1.58. The molecule has 112 valence electrons. The van der Waals surface area contributed by atoms with Crippen molar-refractivity contribution in [2.24, 2.45) is 0 Å². The molecule has 4 nitrogen and oxygen atoms in total. The van der Waals surface area contributed by atoms with Gasteiger partial charge >= 0.3 is 6.18 Å². The van der Waals surface area contributed by atoms with Crippen molar-refractivity contribution in [3.8, 4) is 0 Å². The lowest BCUT2D eigenvalue weighted by molar-refractivity contribution is -0.144. The van der Waals surface area contributed by atoms with E-state index in [1.54, 1.807) is 0 Å². The van der Waals surface area contributed by atoms with Gasteiger partial charge in [0.25, 0.3) is 5.82 Å². The van der Waals surface area contributed by atoms with Crippen LogP contribution in [0.4, 0.5) is 13.2 Å². The number of hydrogen-bond acceptors (Lipinski definition) is 3. The first kappa shape index (κ1) is 14.1. The normalized spacial score (nSPS) is 18.5. The summed E-state index contributed by atoms with van der Waals surface area (Å²) in [5.41, 5.74) is 2.66. The zero-order valence-corrected chi connectivity index (χ0v) is 11.2. The molecule has 0 fully saturated rings. The summed E-state index contributed by atoms with van der Waals surface area (Å²) in [6.07, 6.45) is -1.66. The Hall–Kier alpha value is -1.89. The van der Waals surface area contributed by atoms with E-state index in [0.29, 0.717) is 0 Å². The molecule has 0 saturated heterocycles. The zero-order chi connectivity index (χ0) is 14.9. The molecular weight excluding hydrogens is 281 g/mol. The lowest BCUT2D eigenvalue weighted by atomic mass is 9.88. The Morgan fingerprint density at radius 1 is 1.24 bits per heavy atom. The number of nitrogens with zero attached hydrogens (tertiary/aromatic N) is 2. The molecule has 21 heavy (non-hydrogen) atoms. The molecule has 0 amide bonds. The fourth-order valence-corrected chi connectivity index (χ4v) is 2.61. The highest BCUT2D eigenvalue weighted by atomic mass is 19.4. The highest BCUT2D eigenvalue weighted by molar-refractivity contribution is 5.30. The number of halogens is 3. The van der Waals surface area contributed by atoms with Gasteiger partial charge in [-0.1, -0.05) is 24.3 Å². The van der Waals surface area contributed by atoms with E-state index in [4.69, 9.17) is 0 Å². The van der Waals surface area contributed by atoms with Gasteiger partial charge in [0, 0.05) is 6.04 Å². The first-order valence-corrected chi connectivity index (χ1v) is 6.81. The highest BCUT2D eigenvalue weighted by Gasteiger charge is 2.36. The van der Waals surface area contributed by atoms with Gasteiger partial charge in [-0.15, -0.1) is 5.10 Å². The Kier molecular flexibility index (Phi) is 3.67. The molecule has 2 N–H and O–H groups in total. The molecule has 0 unspecified atom stereocenters. The van der Waals surface area contributed by atoms with E-state index in [9.17, 15) is 13.2 Å². The molecule has 0 aliphatic heterocycles. The number of nitrogens with one attached hydrogen (secondary N) is 2. The maximum atomic E-state index is 12.4. The summed E-state index contributed by atoms with van der Waals surface area (Å²) in [7, 11) is 0. The van der Waals surface area contributed by atoms with Gasteiger partial charge in [-0.2, -0.15) is 13.2 Å². The number of fused-ring (bicyclic) bond motifs is 1. The maximum Gasteiger partial charge on any atom is 0.453 e. The van der Waals surface area contributed by atoms with E-state index >= 15 is 0 Å². The van der Waals surface area contributed by atoms with Gasteiger partial charge in [0.2, 0.25) is 0 Å². The average Bonchev–Trinajstić information content (AvgIpc) is 2.94. The second-order valence-corrected chi connectivity index (χ2v) is 5.19. The number of aryl methyl sites for hydroxylation is 1. The number of H-pyrrole nitrogens is 1. The number of alkyl halides is 3. The minimum Gasteiger partial charge on any atom is -0.307 e. The lowest BCUT2D eigenvalue weighted by Crippen LogP contribution is -2.34. The number of rotatable bonds is 3. The molecule has 1 aliphatic rings. The highest BCUT2D eigenvalue weighted by Crippen LogP contribution is 2.25. The van der Waals surface area contributed by atoms with Crippen LogP contribution in [0.3, 0.4) is 0 Å². The van der Waals surface area contributed by atoms with Crippen LogP contribution in [0.25, 0.3) is 0 Å². The van der Waals surface area contributed by atoms with Crippen molar-refractivity contribution in [1.82, 2.24) is 20.5 Å². The minimum absolute atomic E-state index is 0.209. The number of benzene rings is 1. The van der Waals surface area contributed by atoms with Crippen LogP contribution in [0.15, 0.2) is 24.3 Å². The van der Waals surface area contributed by atoms with E-state index in [1.807, 2.05) is 12.1 Å². The van der Waals surface area contributed by atoms with Crippen LogP contribution in [0.5, 0.6) is 0 Å². The van der Waals surface area contributed by atoms with E-state index < -0.39 is 12.0 Å². The Labute approximate surface area is 119 Å². The number of hydrogen-bond donors (Lipinski definition) is 2. The quantitative estimate of drug-likeness (QED) is 0.915. The molecule has 0 spiro atoms. The lowest BCUT2D eigenvalue weighted by Gasteiger charge is -2.25. The van der Waals surface area contributed by atoms with Gasteiger partial charge in [0.1, 0.15) is 5.82 Å². The average molecular weight is 296 g/mol. The number of aromatic nitrogens is 3. The van der Waals surface area contributed by atoms with Crippen molar-refractivity contribution in [1.29, 1.82) is 0 Å². The second-order valence-electron chi connectivity index (χ2n) is 5.19. The standard InChI is InChI=1S/C14H15F3N4/c15-14(16,17)13-19-12(20-21-13)8-18-11-6-5-9-3-1-2-4-10(9)7-11/h1-4,11,18H,5-8H2,(H,19,20,21)/t11-/m0/s1. The van der Waals surface area contributed by atoms with Crippen LogP contribution < -0.4 is 5.32 Å². The van der Waals surface area contributed by atoms with Crippen molar-refractivity contribution < 1.29 is 13.2 Å². The molecule has 1 atom stereocenters. The summed E-state index contributed by atoms with van der Waals surface area (Å²) in [6.45, 7) is 0.260. The van der Waals surface area contributed by atoms with Gasteiger partial charge in [0.05, 0.1) is 6.54 Å². The van der Waals surface area contributed by atoms with Crippen LogP contribution in [-0.2, 0) is 25.6 Å². The van der Waals surface area contributed by atoms with Crippen molar-refractivity contribution in [3.63, 3.8) is 0 Å². The third-order valence-corrected chi connectivity index (χ3v) is 3.69. The SMILES string of the molecule is FC(F)(F)c1n[nH]c(CN[C@H]2CCc3ccccc3C2)n1. The van der Waals surface area contributed by atoms with E-state index in [0.717, 1.165) is 19.3 Å². The molecule has 1 heterocycles. The molecule has 0 radical (unpaired) electrons. The monoisotopic (exact) mass is 296 g/mol. The third kappa shape index (κ3) is 3.24. The van der Waals surface area contributed by atoms with Crippen LogP contribution in [0.1, 0.15) is 29.2 Å². The summed E-state index contributed by atoms with van der Waals surface area (Å²) in [6, 6.07) is 8.50. The van der Waals surface area contributed by atoms with Gasteiger partial charge in [0.15, 0.2) is 0 Å². The summed E-state index contributed by atoms with van der Waals surface area (Å²) in [4.78, 5) is 3.46. The summed E-state index contributed by atoms with van der Waals surface area (Å²) in [5, 5.41) is 8.76. The smallest absolute Gasteiger partial charge is 0.307 e. The van der Waals surface area contributed by atoms with Crippen molar-refractivity contribution in [2.75, 3.05) is 0 Å². The Morgan fingerprint density at radius 2 is 2.00 bits per heavy atom.